The fraction of sp³-hybridized carbons (Fsp3) is 0.226. The number of ether oxygens (including phenoxy) is 1. The van der Waals surface area contributed by atoms with E-state index in [4.69, 9.17) is 4.74 Å². The summed E-state index contributed by atoms with van der Waals surface area (Å²) in [6.45, 7) is 4.00. The van der Waals surface area contributed by atoms with Gasteiger partial charge in [-0.25, -0.2) is 14.5 Å². The number of hydrogen-bond acceptors (Lipinski definition) is 8. The molecule has 10 heteroatoms. The summed E-state index contributed by atoms with van der Waals surface area (Å²) in [7, 11) is 0. The highest BCUT2D eigenvalue weighted by Gasteiger charge is 2.24. The van der Waals surface area contributed by atoms with Gasteiger partial charge in [0, 0.05) is 54.6 Å². The molecule has 2 aromatic heterocycles. The molecule has 0 spiro atoms. The summed E-state index contributed by atoms with van der Waals surface area (Å²) in [6.07, 6.45) is 4.25. The van der Waals surface area contributed by atoms with Crippen molar-refractivity contribution in [3.8, 4) is 17.0 Å². The van der Waals surface area contributed by atoms with Crippen LogP contribution in [0.4, 0.5) is 11.5 Å². The number of likely N-dealkylation sites (tertiary alicyclic amines) is 1. The second kappa shape index (κ2) is 11.0. The first-order chi connectivity index (χ1) is 20.2. The third-order valence-electron chi connectivity index (χ3n) is 7.57. The van der Waals surface area contributed by atoms with Crippen molar-refractivity contribution < 1.29 is 9.53 Å². The van der Waals surface area contributed by atoms with E-state index in [2.05, 4.69) is 66.2 Å². The number of carbonyl (C=O) groups is 1. The van der Waals surface area contributed by atoms with Gasteiger partial charge in [-0.1, -0.05) is 30.3 Å². The van der Waals surface area contributed by atoms with Gasteiger partial charge in [-0.05, 0) is 54.4 Å². The molecule has 0 radical (unpaired) electrons. The monoisotopic (exact) mass is 546 g/mol. The SMILES string of the molecule is O=C(N[C@H]1CCN(Cc2ccccc2)C1)c1ccc(Nc2ncc(-c3ccc4c(c3)CNCO4)n3ncnc23)cc1. The van der Waals surface area contributed by atoms with Crippen LogP contribution >= 0.6 is 0 Å². The smallest absolute Gasteiger partial charge is 0.251 e. The molecule has 0 saturated carbocycles. The Morgan fingerprint density at radius 2 is 1.93 bits per heavy atom. The fourth-order valence-corrected chi connectivity index (χ4v) is 5.48. The molecule has 0 unspecified atom stereocenters. The Morgan fingerprint density at radius 1 is 1.05 bits per heavy atom. The lowest BCUT2D eigenvalue weighted by Crippen LogP contribution is -2.36. The first-order valence-corrected chi connectivity index (χ1v) is 13.8. The predicted molar refractivity (Wildman–Crippen MR) is 156 cm³/mol. The predicted octanol–water partition coefficient (Wildman–Crippen LogP) is 3.98. The molecular formula is C31H30N8O2. The zero-order chi connectivity index (χ0) is 27.6. The number of anilines is 2. The number of nitrogens with zero attached hydrogens (tertiary/aromatic N) is 5. The molecule has 10 nitrogen and oxygen atoms in total. The van der Waals surface area contributed by atoms with Crippen LogP contribution in [0.2, 0.25) is 0 Å². The van der Waals surface area contributed by atoms with Crippen LogP contribution in [0.5, 0.6) is 5.75 Å². The van der Waals surface area contributed by atoms with Gasteiger partial charge in [0.2, 0.25) is 0 Å². The highest BCUT2D eigenvalue weighted by atomic mass is 16.5. The second-order valence-corrected chi connectivity index (χ2v) is 10.4. The van der Waals surface area contributed by atoms with Crippen molar-refractivity contribution in [3.63, 3.8) is 0 Å². The van der Waals surface area contributed by atoms with Crippen molar-refractivity contribution in [2.45, 2.75) is 25.6 Å². The summed E-state index contributed by atoms with van der Waals surface area (Å²) < 4.78 is 7.43. The Labute approximate surface area is 237 Å². The zero-order valence-electron chi connectivity index (χ0n) is 22.5. The van der Waals surface area contributed by atoms with Gasteiger partial charge in [0.05, 0.1) is 11.9 Å². The van der Waals surface area contributed by atoms with Gasteiger partial charge in [-0.2, -0.15) is 5.10 Å². The number of aromatic nitrogens is 4. The minimum atomic E-state index is -0.0592. The molecule has 41 heavy (non-hydrogen) atoms. The van der Waals surface area contributed by atoms with Crippen LogP contribution in [0.3, 0.4) is 0 Å². The number of fused-ring (bicyclic) bond motifs is 2. The van der Waals surface area contributed by atoms with E-state index in [9.17, 15) is 4.79 Å². The first-order valence-electron chi connectivity index (χ1n) is 13.8. The minimum Gasteiger partial charge on any atom is -0.478 e. The van der Waals surface area contributed by atoms with Crippen LogP contribution in [0.25, 0.3) is 16.9 Å². The Morgan fingerprint density at radius 3 is 2.80 bits per heavy atom. The van der Waals surface area contributed by atoms with Gasteiger partial charge in [-0.15, -0.1) is 0 Å². The van der Waals surface area contributed by atoms with Gasteiger partial charge in [-0.3, -0.25) is 15.0 Å². The van der Waals surface area contributed by atoms with Crippen molar-refractivity contribution in [3.05, 3.63) is 102 Å². The third kappa shape index (κ3) is 5.34. The third-order valence-corrected chi connectivity index (χ3v) is 7.57. The fourth-order valence-electron chi connectivity index (χ4n) is 5.48. The molecule has 206 valence electrons. The zero-order valence-corrected chi connectivity index (χ0v) is 22.5. The summed E-state index contributed by atoms with van der Waals surface area (Å²) >= 11 is 0. The Balaban J connectivity index is 1.01. The van der Waals surface area contributed by atoms with Crippen LogP contribution in [-0.4, -0.2) is 56.3 Å². The standard InChI is InChI=1S/C31H30N8O2/c40-31(37-26-12-13-38(18-26)17-21-4-2-1-3-5-21)22-6-9-25(10-7-22)36-29-30-34-19-35-39(30)27(16-33-29)23-8-11-28-24(14-23)15-32-20-41-28/h1-11,14,16,19,26,32H,12-13,15,17-18,20H2,(H,33,36)(H,37,40)/t26-/m0/s1. The molecule has 7 rings (SSSR count). The number of hydrogen-bond donors (Lipinski definition) is 3. The summed E-state index contributed by atoms with van der Waals surface area (Å²) in [4.78, 5) is 24.4. The summed E-state index contributed by atoms with van der Waals surface area (Å²) in [6, 6.07) is 24.1. The van der Waals surface area contributed by atoms with E-state index in [0.29, 0.717) is 23.8 Å². The molecule has 0 aliphatic carbocycles. The Hall–Kier alpha value is -4.80. The summed E-state index contributed by atoms with van der Waals surface area (Å²) in [5, 5.41) is 14.2. The van der Waals surface area contributed by atoms with Crippen LogP contribution < -0.4 is 20.7 Å². The van der Waals surface area contributed by atoms with Gasteiger partial charge in [0.15, 0.2) is 11.5 Å². The molecule has 2 aliphatic heterocycles. The molecule has 3 aromatic carbocycles. The van der Waals surface area contributed by atoms with E-state index in [1.54, 1.807) is 10.7 Å². The molecule has 1 saturated heterocycles. The lowest BCUT2D eigenvalue weighted by Gasteiger charge is -2.19. The van der Waals surface area contributed by atoms with Crippen molar-refractivity contribution in [1.82, 2.24) is 35.1 Å². The van der Waals surface area contributed by atoms with Crippen LogP contribution in [0.15, 0.2) is 85.3 Å². The molecule has 0 bridgehead atoms. The maximum Gasteiger partial charge on any atom is 0.251 e. The van der Waals surface area contributed by atoms with E-state index < -0.39 is 0 Å². The maximum atomic E-state index is 12.9. The van der Waals surface area contributed by atoms with Crippen LogP contribution in [0.1, 0.15) is 27.9 Å². The van der Waals surface area contributed by atoms with Gasteiger partial charge < -0.3 is 15.4 Å². The molecule has 1 atom stereocenters. The molecule has 2 aliphatic rings. The van der Waals surface area contributed by atoms with Gasteiger partial charge >= 0.3 is 0 Å². The highest BCUT2D eigenvalue weighted by Crippen LogP contribution is 2.29. The van der Waals surface area contributed by atoms with Crippen molar-refractivity contribution in [1.29, 1.82) is 0 Å². The largest absolute Gasteiger partial charge is 0.478 e. The maximum absolute atomic E-state index is 12.9. The number of rotatable bonds is 7. The van der Waals surface area contributed by atoms with Crippen LogP contribution in [0, 0.1) is 0 Å². The van der Waals surface area contributed by atoms with E-state index in [1.165, 1.54) is 11.9 Å². The lowest BCUT2D eigenvalue weighted by molar-refractivity contribution is 0.0937. The van der Waals surface area contributed by atoms with Gasteiger partial charge in [0.25, 0.3) is 5.91 Å². The van der Waals surface area contributed by atoms with E-state index >= 15 is 0 Å². The normalized spacial score (nSPS) is 16.7. The molecular weight excluding hydrogens is 516 g/mol. The van der Waals surface area contributed by atoms with E-state index in [1.807, 2.05) is 42.5 Å². The van der Waals surface area contributed by atoms with Crippen molar-refractivity contribution in [2.24, 2.45) is 0 Å². The van der Waals surface area contributed by atoms with Crippen molar-refractivity contribution >= 4 is 23.1 Å². The number of nitrogens with one attached hydrogen (secondary N) is 3. The summed E-state index contributed by atoms with van der Waals surface area (Å²) in [5.74, 6) is 1.41. The molecule has 4 heterocycles. The molecule has 3 N–H and O–H groups in total. The average Bonchev–Trinajstić information content (AvgIpc) is 3.68. The molecule has 5 aromatic rings. The average molecular weight is 547 g/mol. The number of carbonyl (C=O) groups excluding carboxylic acids is 1. The van der Waals surface area contributed by atoms with Gasteiger partial charge in [0.1, 0.15) is 18.8 Å². The van der Waals surface area contributed by atoms with E-state index in [0.717, 1.165) is 60.9 Å². The number of benzene rings is 3. The minimum absolute atomic E-state index is 0.0592. The molecule has 1 amide bonds. The quantitative estimate of drug-likeness (QED) is 0.281. The van der Waals surface area contributed by atoms with E-state index in [-0.39, 0.29) is 11.9 Å². The lowest BCUT2D eigenvalue weighted by atomic mass is 10.1. The summed E-state index contributed by atoms with van der Waals surface area (Å²) in [5.41, 5.74) is 6.23. The molecule has 1 fully saturated rings. The van der Waals surface area contributed by atoms with Crippen molar-refractivity contribution in [2.75, 3.05) is 25.1 Å². The number of amides is 1. The Kier molecular flexibility index (Phi) is 6.75. The second-order valence-electron chi connectivity index (χ2n) is 10.4. The first kappa shape index (κ1) is 25.2. The van der Waals surface area contributed by atoms with Crippen LogP contribution in [-0.2, 0) is 13.1 Å². The topological polar surface area (TPSA) is 109 Å². The highest BCUT2D eigenvalue weighted by molar-refractivity contribution is 5.94. The Bertz CT molecular complexity index is 1690.